The lowest BCUT2D eigenvalue weighted by atomic mass is 10.1. The van der Waals surface area contributed by atoms with Gasteiger partial charge in [-0.25, -0.2) is 4.98 Å². The molecule has 1 heterocycles. The van der Waals surface area contributed by atoms with E-state index in [0.29, 0.717) is 10.6 Å². The summed E-state index contributed by atoms with van der Waals surface area (Å²) in [7, 11) is 0. The van der Waals surface area contributed by atoms with Gasteiger partial charge in [0, 0.05) is 27.8 Å². The average Bonchev–Trinajstić information content (AvgIpc) is 3.19. The largest absolute Gasteiger partial charge is 0.322 e. The van der Waals surface area contributed by atoms with Gasteiger partial charge in [-0.2, -0.15) is 0 Å². The van der Waals surface area contributed by atoms with Crippen LogP contribution in [-0.4, -0.2) is 10.9 Å². The third kappa shape index (κ3) is 3.98. The molecule has 3 aromatic carbocycles. The summed E-state index contributed by atoms with van der Waals surface area (Å²) in [5.74, 6) is -0.132. The molecule has 1 amide bonds. The molecule has 0 saturated carbocycles. The van der Waals surface area contributed by atoms with E-state index in [4.69, 9.17) is 16.6 Å². The van der Waals surface area contributed by atoms with Gasteiger partial charge in [0.15, 0.2) is 0 Å². The van der Waals surface area contributed by atoms with E-state index in [1.165, 1.54) is 0 Å². The molecule has 0 unspecified atom stereocenters. The van der Waals surface area contributed by atoms with Gasteiger partial charge in [-0.05, 0) is 37.3 Å². The molecule has 1 N–H and O–H groups in total. The molecule has 0 saturated heterocycles. The number of carbonyl (C=O) groups is 1. The molecule has 138 valence electrons. The SMILES string of the molecule is Cc1ccc(C(=O)Nc2cccc(-c3csc(-c4ccccc4Cl)n3)c2)cc1. The van der Waals surface area contributed by atoms with Gasteiger partial charge in [0.25, 0.3) is 5.91 Å². The van der Waals surface area contributed by atoms with Crippen LogP contribution in [0, 0.1) is 6.92 Å². The fourth-order valence-corrected chi connectivity index (χ4v) is 3.98. The summed E-state index contributed by atoms with van der Waals surface area (Å²) in [6.07, 6.45) is 0. The Labute approximate surface area is 172 Å². The zero-order valence-electron chi connectivity index (χ0n) is 15.1. The van der Waals surface area contributed by atoms with Crippen LogP contribution < -0.4 is 5.32 Å². The van der Waals surface area contributed by atoms with Crippen molar-refractivity contribution in [2.24, 2.45) is 0 Å². The number of aryl methyl sites for hydroxylation is 1. The molecule has 0 radical (unpaired) electrons. The molecule has 0 aliphatic carbocycles. The van der Waals surface area contributed by atoms with Crippen LogP contribution in [0.15, 0.2) is 78.2 Å². The van der Waals surface area contributed by atoms with Gasteiger partial charge in [0.2, 0.25) is 0 Å². The fourth-order valence-electron chi connectivity index (χ4n) is 2.83. The highest BCUT2D eigenvalue weighted by molar-refractivity contribution is 7.13. The van der Waals surface area contributed by atoms with Crippen LogP contribution >= 0.6 is 22.9 Å². The Morgan fingerprint density at radius 1 is 1.00 bits per heavy atom. The minimum absolute atomic E-state index is 0.132. The number of nitrogens with one attached hydrogen (secondary N) is 1. The van der Waals surface area contributed by atoms with Crippen LogP contribution in [-0.2, 0) is 0 Å². The van der Waals surface area contributed by atoms with Gasteiger partial charge in [0.1, 0.15) is 5.01 Å². The molecule has 5 heteroatoms. The van der Waals surface area contributed by atoms with Crippen molar-refractivity contribution in [3.05, 3.63) is 94.3 Å². The summed E-state index contributed by atoms with van der Waals surface area (Å²) < 4.78 is 0. The van der Waals surface area contributed by atoms with Crippen molar-refractivity contribution in [1.29, 1.82) is 0 Å². The summed E-state index contributed by atoms with van der Waals surface area (Å²) in [6, 6.07) is 22.9. The Bertz CT molecular complexity index is 1140. The maximum absolute atomic E-state index is 12.5. The second-order valence-corrected chi connectivity index (χ2v) is 7.68. The van der Waals surface area contributed by atoms with Gasteiger partial charge in [-0.15, -0.1) is 11.3 Å². The Morgan fingerprint density at radius 2 is 1.79 bits per heavy atom. The van der Waals surface area contributed by atoms with Crippen LogP contribution in [0.2, 0.25) is 5.02 Å². The predicted octanol–water partition coefficient (Wildman–Crippen LogP) is 6.69. The highest BCUT2D eigenvalue weighted by atomic mass is 35.5. The number of thiazole rings is 1. The summed E-state index contributed by atoms with van der Waals surface area (Å²) in [4.78, 5) is 17.2. The van der Waals surface area contributed by atoms with Crippen molar-refractivity contribution in [3.8, 4) is 21.8 Å². The van der Waals surface area contributed by atoms with Gasteiger partial charge < -0.3 is 5.32 Å². The summed E-state index contributed by atoms with van der Waals surface area (Å²) >= 11 is 7.83. The molecule has 0 fully saturated rings. The van der Waals surface area contributed by atoms with Crippen molar-refractivity contribution in [3.63, 3.8) is 0 Å². The molecule has 0 atom stereocenters. The van der Waals surface area contributed by atoms with E-state index in [1.54, 1.807) is 11.3 Å². The van der Waals surface area contributed by atoms with E-state index in [1.807, 2.05) is 85.1 Å². The van der Waals surface area contributed by atoms with E-state index in [2.05, 4.69) is 5.32 Å². The maximum Gasteiger partial charge on any atom is 0.255 e. The van der Waals surface area contributed by atoms with E-state index in [9.17, 15) is 4.79 Å². The van der Waals surface area contributed by atoms with Crippen molar-refractivity contribution in [1.82, 2.24) is 4.98 Å². The quantitative estimate of drug-likeness (QED) is 0.411. The second-order valence-electron chi connectivity index (χ2n) is 6.42. The first-order chi connectivity index (χ1) is 13.6. The topological polar surface area (TPSA) is 42.0 Å². The molecule has 4 rings (SSSR count). The smallest absolute Gasteiger partial charge is 0.255 e. The van der Waals surface area contributed by atoms with E-state index >= 15 is 0 Å². The summed E-state index contributed by atoms with van der Waals surface area (Å²) in [5.41, 5.74) is 5.20. The Morgan fingerprint density at radius 3 is 2.57 bits per heavy atom. The first-order valence-electron chi connectivity index (χ1n) is 8.79. The Kier molecular flexibility index (Phi) is 5.24. The van der Waals surface area contributed by atoms with Crippen LogP contribution in [0.1, 0.15) is 15.9 Å². The molecule has 4 aromatic rings. The van der Waals surface area contributed by atoms with E-state index in [0.717, 1.165) is 33.1 Å². The minimum Gasteiger partial charge on any atom is -0.322 e. The minimum atomic E-state index is -0.132. The summed E-state index contributed by atoms with van der Waals surface area (Å²) in [6.45, 7) is 2.00. The van der Waals surface area contributed by atoms with E-state index in [-0.39, 0.29) is 5.91 Å². The lowest BCUT2D eigenvalue weighted by molar-refractivity contribution is 0.102. The molecule has 0 aliphatic rings. The molecule has 3 nitrogen and oxygen atoms in total. The number of halogens is 1. The van der Waals surface area contributed by atoms with Crippen LogP contribution in [0.25, 0.3) is 21.8 Å². The molecular formula is C23H17ClN2OS. The summed E-state index contributed by atoms with van der Waals surface area (Å²) in [5, 5.41) is 6.50. The molecule has 0 bridgehead atoms. The van der Waals surface area contributed by atoms with Crippen molar-refractivity contribution >= 4 is 34.5 Å². The molecule has 28 heavy (non-hydrogen) atoms. The Balaban J connectivity index is 1.57. The zero-order valence-corrected chi connectivity index (χ0v) is 16.7. The van der Waals surface area contributed by atoms with Gasteiger partial charge in [-0.3, -0.25) is 4.79 Å². The molecular weight excluding hydrogens is 388 g/mol. The number of rotatable bonds is 4. The normalized spacial score (nSPS) is 10.6. The number of hydrogen-bond donors (Lipinski definition) is 1. The zero-order chi connectivity index (χ0) is 19.5. The first-order valence-corrected chi connectivity index (χ1v) is 10.0. The Hall–Kier alpha value is -2.95. The third-order valence-electron chi connectivity index (χ3n) is 4.34. The maximum atomic E-state index is 12.5. The standard InChI is InChI=1S/C23H17ClN2OS/c1-15-9-11-16(12-10-15)22(27)25-18-6-4-5-17(13-18)21-14-28-23(26-21)19-7-2-3-8-20(19)24/h2-14H,1H3,(H,25,27). The fraction of sp³-hybridized carbons (Fsp3) is 0.0435. The predicted molar refractivity (Wildman–Crippen MR) is 117 cm³/mol. The number of nitrogens with zero attached hydrogens (tertiary/aromatic N) is 1. The van der Waals surface area contributed by atoms with Crippen molar-refractivity contribution in [2.75, 3.05) is 5.32 Å². The number of anilines is 1. The molecule has 0 aliphatic heterocycles. The second kappa shape index (κ2) is 7.97. The van der Waals surface area contributed by atoms with Gasteiger partial charge in [0.05, 0.1) is 10.7 Å². The average molecular weight is 405 g/mol. The van der Waals surface area contributed by atoms with Crippen molar-refractivity contribution in [2.45, 2.75) is 6.92 Å². The third-order valence-corrected chi connectivity index (χ3v) is 5.54. The first kappa shape index (κ1) is 18.4. The van der Waals surface area contributed by atoms with Crippen molar-refractivity contribution < 1.29 is 4.79 Å². The molecule has 0 spiro atoms. The molecule has 1 aromatic heterocycles. The highest BCUT2D eigenvalue weighted by Gasteiger charge is 2.11. The van der Waals surface area contributed by atoms with E-state index < -0.39 is 0 Å². The van der Waals surface area contributed by atoms with Crippen LogP contribution in [0.4, 0.5) is 5.69 Å². The highest BCUT2D eigenvalue weighted by Crippen LogP contribution is 2.33. The lowest BCUT2D eigenvalue weighted by Gasteiger charge is -2.07. The monoisotopic (exact) mass is 404 g/mol. The van der Waals surface area contributed by atoms with Gasteiger partial charge >= 0.3 is 0 Å². The number of aromatic nitrogens is 1. The number of carbonyl (C=O) groups excluding carboxylic acids is 1. The number of amides is 1. The van der Waals surface area contributed by atoms with Gasteiger partial charge in [-0.1, -0.05) is 59.6 Å². The lowest BCUT2D eigenvalue weighted by Crippen LogP contribution is -2.11. The van der Waals surface area contributed by atoms with Crippen LogP contribution in [0.3, 0.4) is 0 Å². The van der Waals surface area contributed by atoms with Crippen LogP contribution in [0.5, 0.6) is 0 Å². The number of benzene rings is 3. The number of hydrogen-bond acceptors (Lipinski definition) is 3.